The molecule has 2 aromatic rings. The van der Waals surface area contributed by atoms with Crippen molar-refractivity contribution in [2.24, 2.45) is 5.41 Å². The van der Waals surface area contributed by atoms with Crippen molar-refractivity contribution < 1.29 is 5.11 Å². The molecule has 0 spiro atoms. The second-order valence-electron chi connectivity index (χ2n) is 5.49. The van der Waals surface area contributed by atoms with Crippen LogP contribution >= 0.6 is 0 Å². The summed E-state index contributed by atoms with van der Waals surface area (Å²) in [4.78, 5) is 0. The highest BCUT2D eigenvalue weighted by Gasteiger charge is 1.95. The Balaban J connectivity index is -0.0000000718. The number of aromatic hydroxyl groups is 1. The van der Waals surface area contributed by atoms with Crippen molar-refractivity contribution in [3.8, 4) is 5.75 Å². The summed E-state index contributed by atoms with van der Waals surface area (Å²) in [5.41, 5.74) is 0.500. The van der Waals surface area contributed by atoms with Crippen LogP contribution in [0.5, 0.6) is 5.75 Å². The predicted octanol–water partition coefficient (Wildman–Crippen LogP) is 9.24. The first-order valence-electron chi connectivity index (χ1n) is 10.1. The molecular weight excluding hydrogens is 316 g/mol. The first kappa shape index (κ1) is 35.4. The summed E-state index contributed by atoms with van der Waals surface area (Å²) in [6.45, 7) is 24.8. The molecule has 0 bridgehead atoms. The minimum atomic E-state index is 0.322. The zero-order valence-electron chi connectivity index (χ0n) is 19.8. The van der Waals surface area contributed by atoms with E-state index >= 15 is 0 Å². The molecule has 2 aromatic carbocycles. The van der Waals surface area contributed by atoms with Gasteiger partial charge in [-0.3, -0.25) is 0 Å². The van der Waals surface area contributed by atoms with Crippen molar-refractivity contribution in [1.29, 1.82) is 0 Å². The van der Waals surface area contributed by atoms with E-state index in [1.165, 1.54) is 0 Å². The van der Waals surface area contributed by atoms with Gasteiger partial charge in [-0.25, -0.2) is 0 Å². The van der Waals surface area contributed by atoms with Gasteiger partial charge in [-0.05, 0) is 17.5 Å². The van der Waals surface area contributed by atoms with Crippen LogP contribution in [0.2, 0.25) is 0 Å². The van der Waals surface area contributed by atoms with Gasteiger partial charge in [0.15, 0.2) is 0 Å². The van der Waals surface area contributed by atoms with E-state index in [1.54, 1.807) is 24.3 Å². The molecule has 0 aromatic heterocycles. The fourth-order valence-corrected chi connectivity index (χ4v) is 0.813. The van der Waals surface area contributed by atoms with Crippen LogP contribution in [0.15, 0.2) is 66.7 Å². The van der Waals surface area contributed by atoms with E-state index in [1.807, 2.05) is 97.9 Å². The molecule has 2 rings (SSSR count). The minimum Gasteiger partial charge on any atom is -0.508 e. The molecule has 26 heavy (non-hydrogen) atoms. The highest BCUT2D eigenvalue weighted by molar-refractivity contribution is 5.18. The average Bonchev–Trinajstić information content (AvgIpc) is 2.69. The van der Waals surface area contributed by atoms with Crippen LogP contribution in [-0.4, -0.2) is 5.11 Å². The molecule has 0 radical (unpaired) electrons. The molecule has 0 aliphatic rings. The highest BCUT2D eigenvalue weighted by Crippen LogP contribution is 2.08. The van der Waals surface area contributed by atoms with E-state index < -0.39 is 0 Å². The van der Waals surface area contributed by atoms with E-state index in [9.17, 15) is 0 Å². The number of phenolic OH excluding ortho intramolecular Hbond substituents is 1. The van der Waals surface area contributed by atoms with E-state index in [-0.39, 0.29) is 0 Å². The van der Waals surface area contributed by atoms with E-state index in [4.69, 9.17) is 5.11 Å². The van der Waals surface area contributed by atoms with Crippen LogP contribution in [0.1, 0.15) is 83.1 Å². The van der Waals surface area contributed by atoms with Crippen LogP contribution in [0.4, 0.5) is 0 Å². The van der Waals surface area contributed by atoms with Crippen molar-refractivity contribution in [3.05, 3.63) is 66.7 Å². The second-order valence-corrected chi connectivity index (χ2v) is 5.49. The van der Waals surface area contributed by atoms with Crippen molar-refractivity contribution in [2.45, 2.75) is 83.1 Å². The van der Waals surface area contributed by atoms with Gasteiger partial charge in [-0.2, -0.15) is 0 Å². The minimum absolute atomic E-state index is 0.322. The molecule has 0 saturated heterocycles. The van der Waals surface area contributed by atoms with Crippen molar-refractivity contribution in [2.75, 3.05) is 0 Å². The average molecular weight is 365 g/mol. The normalized spacial score (nSPS) is 7.38. The Morgan fingerprint density at radius 1 is 0.462 bits per heavy atom. The zero-order chi connectivity index (χ0) is 21.9. The molecule has 1 heteroatoms. The highest BCUT2D eigenvalue weighted by atomic mass is 16.3. The Labute approximate surface area is 166 Å². The molecule has 0 fully saturated rings. The largest absolute Gasteiger partial charge is 0.508 e. The second kappa shape index (κ2) is 34.6. The van der Waals surface area contributed by atoms with Crippen LogP contribution in [-0.2, 0) is 0 Å². The van der Waals surface area contributed by atoms with Gasteiger partial charge in [-0.1, -0.05) is 138 Å². The lowest BCUT2D eigenvalue weighted by atomic mass is 10.0. The monoisotopic (exact) mass is 364 g/mol. The Morgan fingerprint density at radius 2 is 0.615 bits per heavy atom. The number of para-hydroxylation sites is 1. The van der Waals surface area contributed by atoms with Crippen LogP contribution < -0.4 is 0 Å². The molecule has 1 N–H and O–H groups in total. The molecule has 154 valence electrons. The first-order chi connectivity index (χ1) is 12.4. The van der Waals surface area contributed by atoms with Gasteiger partial charge in [0.1, 0.15) is 5.75 Å². The molecular formula is C25H48O. The molecule has 0 aliphatic heterocycles. The maximum absolute atomic E-state index is 8.63. The van der Waals surface area contributed by atoms with E-state index in [0.717, 1.165) is 0 Å². The van der Waals surface area contributed by atoms with Gasteiger partial charge in [0.2, 0.25) is 0 Å². The molecule has 0 saturated carbocycles. The van der Waals surface area contributed by atoms with Gasteiger partial charge in [-0.15, -0.1) is 0 Å². The maximum Gasteiger partial charge on any atom is 0.115 e. The topological polar surface area (TPSA) is 20.2 Å². The number of rotatable bonds is 0. The van der Waals surface area contributed by atoms with E-state index in [2.05, 4.69) is 27.7 Å². The molecule has 0 aliphatic carbocycles. The smallest absolute Gasteiger partial charge is 0.115 e. The molecule has 0 unspecified atom stereocenters. The zero-order valence-corrected chi connectivity index (χ0v) is 19.8. The molecule has 0 heterocycles. The standard InChI is InChI=1S/C6H6O.C6H6.C5H12.4C2H6/c7-6-4-2-1-3-5-6;1-2-4-6-5-3-1;1-5(2,3)4;4*1-2/h1-5,7H;1-6H;1-4H3;4*1-2H3. The quantitative estimate of drug-likeness (QED) is 0.493. The summed E-state index contributed by atoms with van der Waals surface area (Å²) < 4.78 is 0. The summed E-state index contributed by atoms with van der Waals surface area (Å²) >= 11 is 0. The number of hydrogen-bond donors (Lipinski definition) is 1. The van der Waals surface area contributed by atoms with Crippen molar-refractivity contribution in [3.63, 3.8) is 0 Å². The van der Waals surface area contributed by atoms with Gasteiger partial charge < -0.3 is 5.11 Å². The Bertz CT molecular complexity index is 341. The van der Waals surface area contributed by atoms with Gasteiger partial charge in [0.05, 0.1) is 0 Å². The fraction of sp³-hybridized carbons (Fsp3) is 0.520. The Kier molecular flexibility index (Phi) is 47.0. The van der Waals surface area contributed by atoms with Crippen LogP contribution in [0.3, 0.4) is 0 Å². The van der Waals surface area contributed by atoms with Gasteiger partial charge >= 0.3 is 0 Å². The summed E-state index contributed by atoms with van der Waals surface area (Å²) in [6, 6.07) is 20.7. The Hall–Kier alpha value is -1.76. The summed E-state index contributed by atoms with van der Waals surface area (Å²) in [5, 5.41) is 8.63. The molecule has 1 nitrogen and oxygen atoms in total. The van der Waals surface area contributed by atoms with Gasteiger partial charge in [0.25, 0.3) is 0 Å². The SMILES string of the molecule is CC.CC.CC.CC.CC(C)(C)C.Oc1ccccc1.c1ccccc1. The lowest BCUT2D eigenvalue weighted by Gasteiger charge is -2.05. The molecule has 0 atom stereocenters. The van der Waals surface area contributed by atoms with Crippen LogP contribution in [0.25, 0.3) is 0 Å². The molecule has 0 amide bonds. The summed E-state index contributed by atoms with van der Waals surface area (Å²) in [7, 11) is 0. The van der Waals surface area contributed by atoms with Crippen molar-refractivity contribution >= 4 is 0 Å². The lowest BCUT2D eigenvalue weighted by molar-refractivity contribution is 0.469. The van der Waals surface area contributed by atoms with Crippen LogP contribution in [0, 0.1) is 5.41 Å². The lowest BCUT2D eigenvalue weighted by Crippen LogP contribution is -1.93. The summed E-state index contributed by atoms with van der Waals surface area (Å²) in [6.07, 6.45) is 0. The number of hydrogen-bond acceptors (Lipinski definition) is 1. The predicted molar refractivity (Wildman–Crippen MR) is 125 cm³/mol. The Morgan fingerprint density at radius 3 is 0.731 bits per heavy atom. The van der Waals surface area contributed by atoms with E-state index in [0.29, 0.717) is 11.2 Å². The number of benzene rings is 2. The third kappa shape index (κ3) is 67.0. The fourth-order valence-electron chi connectivity index (χ4n) is 0.813. The van der Waals surface area contributed by atoms with Gasteiger partial charge in [0, 0.05) is 0 Å². The maximum atomic E-state index is 8.63. The first-order valence-corrected chi connectivity index (χ1v) is 10.1. The number of phenols is 1. The third-order valence-corrected chi connectivity index (χ3v) is 1.42. The summed E-state index contributed by atoms with van der Waals surface area (Å²) in [5.74, 6) is 0.322. The third-order valence-electron chi connectivity index (χ3n) is 1.42. The van der Waals surface area contributed by atoms with Crippen molar-refractivity contribution in [1.82, 2.24) is 0 Å².